The van der Waals surface area contributed by atoms with Crippen molar-refractivity contribution in [2.24, 2.45) is 5.92 Å². The fourth-order valence-corrected chi connectivity index (χ4v) is 5.34. The van der Waals surface area contributed by atoms with Gasteiger partial charge < -0.3 is 10.1 Å². The first-order valence-electron chi connectivity index (χ1n) is 7.71. The third kappa shape index (κ3) is 3.62. The number of methoxy groups -OCH3 is 1. The molecular weight excluding hydrogens is 346 g/mol. The smallest absolute Gasteiger partial charge is 0.223 e. The van der Waals surface area contributed by atoms with Crippen LogP contribution in [0.3, 0.4) is 0 Å². The van der Waals surface area contributed by atoms with E-state index in [-0.39, 0.29) is 18.4 Å². The number of carbonyl (C=O) groups excluding carboxylic acids is 1. The van der Waals surface area contributed by atoms with E-state index in [2.05, 4.69) is 5.32 Å². The Hall–Kier alpha value is -1.86. The molecule has 1 fully saturated rings. The number of carbonyl (C=O) groups is 1. The fourth-order valence-electron chi connectivity index (χ4n) is 2.47. The van der Waals surface area contributed by atoms with Gasteiger partial charge in [0.05, 0.1) is 7.11 Å². The summed E-state index contributed by atoms with van der Waals surface area (Å²) in [7, 11) is -2.01. The van der Waals surface area contributed by atoms with Crippen LogP contribution < -0.4 is 10.1 Å². The molecule has 0 bridgehead atoms. The van der Waals surface area contributed by atoms with E-state index in [9.17, 15) is 13.2 Å². The lowest BCUT2D eigenvalue weighted by Crippen LogP contribution is -2.32. The van der Waals surface area contributed by atoms with Gasteiger partial charge in [0.15, 0.2) is 9.84 Å². The van der Waals surface area contributed by atoms with E-state index < -0.39 is 15.1 Å². The van der Waals surface area contributed by atoms with Crippen molar-refractivity contribution in [3.05, 3.63) is 47.3 Å². The van der Waals surface area contributed by atoms with E-state index in [1.54, 1.807) is 48.9 Å². The van der Waals surface area contributed by atoms with Gasteiger partial charge in [0.1, 0.15) is 15.2 Å². The van der Waals surface area contributed by atoms with E-state index in [1.165, 1.54) is 11.3 Å². The van der Waals surface area contributed by atoms with Crippen LogP contribution in [0.5, 0.6) is 5.75 Å². The maximum atomic E-state index is 13.0. The Bertz CT molecular complexity index is 794. The number of sulfone groups is 1. The molecule has 128 valence electrons. The minimum Gasteiger partial charge on any atom is -0.497 e. The zero-order valence-corrected chi connectivity index (χ0v) is 14.9. The highest BCUT2D eigenvalue weighted by atomic mass is 32.2. The summed E-state index contributed by atoms with van der Waals surface area (Å²) < 4.78 is 31.4. The molecule has 0 radical (unpaired) electrons. The second kappa shape index (κ2) is 6.94. The molecule has 3 rings (SSSR count). The Labute approximate surface area is 145 Å². The molecule has 1 heterocycles. The molecule has 5 nitrogen and oxygen atoms in total. The molecule has 1 atom stereocenters. The van der Waals surface area contributed by atoms with E-state index >= 15 is 0 Å². The number of nitrogens with one attached hydrogen (secondary N) is 1. The van der Waals surface area contributed by atoms with Crippen molar-refractivity contribution >= 4 is 27.1 Å². The number of thiophene rings is 1. The van der Waals surface area contributed by atoms with Crippen molar-refractivity contribution < 1.29 is 17.9 Å². The Morgan fingerprint density at radius 2 is 2.00 bits per heavy atom. The van der Waals surface area contributed by atoms with Gasteiger partial charge in [-0.05, 0) is 42.0 Å². The second-order valence-electron chi connectivity index (χ2n) is 5.76. The molecule has 0 aliphatic heterocycles. The molecule has 1 aromatic heterocycles. The van der Waals surface area contributed by atoms with E-state index in [1.807, 2.05) is 0 Å². The van der Waals surface area contributed by atoms with Crippen molar-refractivity contribution in [1.82, 2.24) is 5.32 Å². The topological polar surface area (TPSA) is 72.5 Å². The molecule has 1 aliphatic rings. The van der Waals surface area contributed by atoms with Crippen molar-refractivity contribution in [2.75, 3.05) is 13.7 Å². The van der Waals surface area contributed by atoms with Crippen LogP contribution in [-0.4, -0.2) is 28.0 Å². The van der Waals surface area contributed by atoms with Crippen LogP contribution in [0.15, 0.2) is 46.0 Å². The van der Waals surface area contributed by atoms with Crippen molar-refractivity contribution in [2.45, 2.75) is 22.3 Å². The predicted molar refractivity (Wildman–Crippen MR) is 93.0 cm³/mol. The molecule has 7 heteroatoms. The van der Waals surface area contributed by atoms with Gasteiger partial charge in [0, 0.05) is 12.5 Å². The average molecular weight is 365 g/mol. The Kier molecular flexibility index (Phi) is 4.91. The van der Waals surface area contributed by atoms with Crippen molar-refractivity contribution in [3.8, 4) is 5.75 Å². The average Bonchev–Trinajstić information content (AvgIpc) is 3.28. The first-order valence-corrected chi connectivity index (χ1v) is 10.1. The van der Waals surface area contributed by atoms with E-state index in [0.29, 0.717) is 15.5 Å². The van der Waals surface area contributed by atoms with Crippen LogP contribution >= 0.6 is 11.3 Å². The van der Waals surface area contributed by atoms with Crippen LogP contribution in [0.25, 0.3) is 0 Å². The monoisotopic (exact) mass is 365 g/mol. The zero-order chi connectivity index (χ0) is 17.2. The SMILES string of the molecule is COc1ccc([C@@H](CNC(=O)C2CC2)S(=O)(=O)c2cccs2)cc1. The van der Waals surface area contributed by atoms with Crippen LogP contribution in [0, 0.1) is 5.92 Å². The molecule has 1 saturated carbocycles. The Morgan fingerprint density at radius 1 is 1.29 bits per heavy atom. The third-order valence-corrected chi connectivity index (χ3v) is 7.58. The first kappa shape index (κ1) is 17.0. The molecule has 1 aromatic carbocycles. The lowest BCUT2D eigenvalue weighted by Gasteiger charge is -2.18. The van der Waals surface area contributed by atoms with Gasteiger partial charge in [-0.2, -0.15) is 0 Å². The van der Waals surface area contributed by atoms with Gasteiger partial charge >= 0.3 is 0 Å². The van der Waals surface area contributed by atoms with Crippen molar-refractivity contribution in [3.63, 3.8) is 0 Å². The van der Waals surface area contributed by atoms with Gasteiger partial charge in [-0.1, -0.05) is 18.2 Å². The summed E-state index contributed by atoms with van der Waals surface area (Å²) >= 11 is 1.19. The highest BCUT2D eigenvalue weighted by Gasteiger charge is 2.33. The largest absolute Gasteiger partial charge is 0.497 e. The van der Waals surface area contributed by atoms with E-state index in [4.69, 9.17) is 4.74 Å². The lowest BCUT2D eigenvalue weighted by atomic mass is 10.1. The normalized spacial score (nSPS) is 15.7. The molecular formula is C17H19NO4S2. The highest BCUT2D eigenvalue weighted by molar-refractivity contribution is 7.93. The van der Waals surface area contributed by atoms with Gasteiger partial charge in [-0.3, -0.25) is 4.79 Å². The third-order valence-electron chi connectivity index (χ3n) is 4.05. The van der Waals surface area contributed by atoms with Gasteiger partial charge in [-0.25, -0.2) is 8.42 Å². The first-order chi connectivity index (χ1) is 11.5. The van der Waals surface area contributed by atoms with Gasteiger partial charge in [0.2, 0.25) is 5.91 Å². The highest BCUT2D eigenvalue weighted by Crippen LogP contribution is 2.33. The molecule has 1 aliphatic carbocycles. The maximum absolute atomic E-state index is 13.0. The molecule has 1 N–H and O–H groups in total. The number of hydrogen-bond acceptors (Lipinski definition) is 5. The summed E-state index contributed by atoms with van der Waals surface area (Å²) in [5.41, 5.74) is 0.639. The summed E-state index contributed by atoms with van der Waals surface area (Å²) in [6, 6.07) is 10.2. The van der Waals surface area contributed by atoms with Crippen LogP contribution in [0.1, 0.15) is 23.7 Å². The lowest BCUT2D eigenvalue weighted by molar-refractivity contribution is -0.122. The summed E-state index contributed by atoms with van der Waals surface area (Å²) in [6.45, 7) is 0.0713. The van der Waals surface area contributed by atoms with Crippen LogP contribution in [0.2, 0.25) is 0 Å². The molecule has 0 saturated heterocycles. The number of amides is 1. The quantitative estimate of drug-likeness (QED) is 0.819. The molecule has 1 amide bonds. The standard InChI is InChI=1S/C17H19NO4S2/c1-22-14-8-6-12(7-9-14)15(11-18-17(19)13-4-5-13)24(20,21)16-3-2-10-23-16/h2-3,6-10,13,15H,4-5,11H2,1H3,(H,18,19)/t15-/m1/s1. The minimum absolute atomic E-state index is 0.0472. The zero-order valence-electron chi connectivity index (χ0n) is 13.3. The Morgan fingerprint density at radius 3 is 2.54 bits per heavy atom. The summed E-state index contributed by atoms with van der Waals surface area (Å²) in [6.07, 6.45) is 1.77. The number of benzene rings is 1. The Balaban J connectivity index is 1.88. The predicted octanol–water partition coefficient (Wildman–Crippen LogP) is 2.80. The maximum Gasteiger partial charge on any atom is 0.223 e. The molecule has 0 unspecified atom stereocenters. The fraction of sp³-hybridized carbons (Fsp3) is 0.353. The summed E-state index contributed by atoms with van der Waals surface area (Å²) in [4.78, 5) is 11.9. The minimum atomic E-state index is -3.57. The second-order valence-corrected chi connectivity index (χ2v) is 9.06. The van der Waals surface area contributed by atoms with Crippen molar-refractivity contribution in [1.29, 1.82) is 0 Å². The summed E-state index contributed by atoms with van der Waals surface area (Å²) in [5.74, 6) is 0.647. The van der Waals surface area contributed by atoms with Crippen LogP contribution in [-0.2, 0) is 14.6 Å². The number of rotatable bonds is 7. The van der Waals surface area contributed by atoms with Crippen LogP contribution in [0.4, 0.5) is 0 Å². The molecule has 24 heavy (non-hydrogen) atoms. The summed E-state index contributed by atoms with van der Waals surface area (Å²) in [5, 5.41) is 3.72. The molecule has 0 spiro atoms. The van der Waals surface area contributed by atoms with E-state index in [0.717, 1.165) is 12.8 Å². The van der Waals surface area contributed by atoms with Gasteiger partial charge in [0.25, 0.3) is 0 Å². The number of hydrogen-bond donors (Lipinski definition) is 1. The molecule has 2 aromatic rings. The van der Waals surface area contributed by atoms with Gasteiger partial charge in [-0.15, -0.1) is 11.3 Å². The number of ether oxygens (including phenoxy) is 1.